The molecule has 1 aliphatic rings. The number of aromatic amines is 1. The predicted octanol–water partition coefficient (Wildman–Crippen LogP) is 3.05. The van der Waals surface area contributed by atoms with Gasteiger partial charge in [0.1, 0.15) is 23.5 Å². The SMILES string of the molecule is O=C(CNc1cccc(OC(F)(F)F)c1)N[C@H]1CCCN(c2ncnc3[nH]ccc23)C1. The van der Waals surface area contributed by atoms with Crippen LogP contribution in [0.5, 0.6) is 5.75 Å². The minimum absolute atomic E-state index is 0.0631. The van der Waals surface area contributed by atoms with Crippen molar-refractivity contribution in [2.45, 2.75) is 25.2 Å². The zero-order valence-electron chi connectivity index (χ0n) is 16.4. The Morgan fingerprint density at radius 2 is 2.16 bits per heavy atom. The molecule has 1 amide bonds. The molecule has 0 bridgehead atoms. The first-order valence-electron chi connectivity index (χ1n) is 9.79. The van der Waals surface area contributed by atoms with Crippen LogP contribution >= 0.6 is 0 Å². The van der Waals surface area contributed by atoms with Crippen LogP contribution in [0.4, 0.5) is 24.7 Å². The van der Waals surface area contributed by atoms with Gasteiger partial charge in [0.25, 0.3) is 0 Å². The standard InChI is InChI=1S/C20H21F3N6O2/c21-20(22,23)31-15-5-1-3-13(9-15)25-10-17(30)28-14-4-2-8-29(11-14)19-16-6-7-24-18(16)26-12-27-19/h1,3,5-7,9,12,14,25H,2,4,8,10-11H2,(H,28,30)(H,24,26,27)/t14-/m0/s1. The third-order valence-electron chi connectivity index (χ3n) is 4.94. The molecule has 164 valence electrons. The Labute approximate surface area is 175 Å². The first-order chi connectivity index (χ1) is 14.9. The van der Waals surface area contributed by atoms with Gasteiger partial charge in [0.05, 0.1) is 11.9 Å². The average molecular weight is 434 g/mol. The molecule has 11 heteroatoms. The molecule has 4 rings (SSSR count). The van der Waals surface area contributed by atoms with Crippen LogP contribution in [0.3, 0.4) is 0 Å². The first kappa shape index (κ1) is 20.8. The number of fused-ring (bicyclic) bond motifs is 1. The molecular weight excluding hydrogens is 413 g/mol. The fourth-order valence-corrected chi connectivity index (χ4v) is 3.66. The molecule has 3 N–H and O–H groups in total. The van der Waals surface area contributed by atoms with Crippen LogP contribution in [0.15, 0.2) is 42.9 Å². The van der Waals surface area contributed by atoms with Gasteiger partial charge in [0, 0.05) is 37.1 Å². The zero-order valence-corrected chi connectivity index (χ0v) is 16.4. The molecule has 1 aliphatic heterocycles. The maximum atomic E-state index is 12.4. The molecule has 1 aromatic carbocycles. The Kier molecular flexibility index (Phi) is 5.83. The highest BCUT2D eigenvalue weighted by molar-refractivity contribution is 5.87. The second kappa shape index (κ2) is 8.70. The van der Waals surface area contributed by atoms with Gasteiger partial charge in [-0.25, -0.2) is 9.97 Å². The maximum absolute atomic E-state index is 12.4. The fourth-order valence-electron chi connectivity index (χ4n) is 3.66. The van der Waals surface area contributed by atoms with E-state index in [1.807, 2.05) is 12.3 Å². The summed E-state index contributed by atoms with van der Waals surface area (Å²) >= 11 is 0. The van der Waals surface area contributed by atoms with Gasteiger partial charge in [-0.3, -0.25) is 4.79 Å². The predicted molar refractivity (Wildman–Crippen MR) is 109 cm³/mol. The number of nitrogens with zero attached hydrogens (tertiary/aromatic N) is 3. The summed E-state index contributed by atoms with van der Waals surface area (Å²) < 4.78 is 40.9. The van der Waals surface area contributed by atoms with E-state index in [9.17, 15) is 18.0 Å². The van der Waals surface area contributed by atoms with Gasteiger partial charge >= 0.3 is 6.36 Å². The van der Waals surface area contributed by atoms with Gasteiger partial charge in [0.2, 0.25) is 5.91 Å². The topological polar surface area (TPSA) is 95.2 Å². The summed E-state index contributed by atoms with van der Waals surface area (Å²) in [4.78, 5) is 26.2. The minimum atomic E-state index is -4.77. The van der Waals surface area contributed by atoms with E-state index in [1.165, 1.54) is 24.5 Å². The Morgan fingerprint density at radius 1 is 1.29 bits per heavy atom. The van der Waals surface area contributed by atoms with Crippen LogP contribution in [0.1, 0.15) is 12.8 Å². The molecule has 2 aromatic heterocycles. The number of hydrogen-bond acceptors (Lipinski definition) is 6. The van der Waals surface area contributed by atoms with Crippen molar-refractivity contribution >= 4 is 28.4 Å². The number of halogens is 3. The van der Waals surface area contributed by atoms with Crippen LogP contribution in [0.25, 0.3) is 11.0 Å². The van der Waals surface area contributed by atoms with E-state index in [-0.39, 0.29) is 24.2 Å². The van der Waals surface area contributed by atoms with E-state index in [2.05, 4.69) is 35.2 Å². The summed E-state index contributed by atoms with van der Waals surface area (Å²) in [5.74, 6) is 0.232. The molecule has 0 aliphatic carbocycles. The van der Waals surface area contributed by atoms with E-state index in [0.29, 0.717) is 12.2 Å². The number of H-pyrrole nitrogens is 1. The molecule has 0 saturated carbocycles. The van der Waals surface area contributed by atoms with Crippen molar-refractivity contribution < 1.29 is 22.7 Å². The maximum Gasteiger partial charge on any atom is 0.573 e. The van der Waals surface area contributed by atoms with Gasteiger partial charge in [-0.05, 0) is 31.0 Å². The van der Waals surface area contributed by atoms with Crippen LogP contribution in [-0.2, 0) is 4.79 Å². The Balaban J connectivity index is 1.32. The van der Waals surface area contributed by atoms with Gasteiger partial charge < -0.3 is 25.3 Å². The molecular formula is C20H21F3N6O2. The molecule has 1 fully saturated rings. The minimum Gasteiger partial charge on any atom is -0.406 e. The highest BCUT2D eigenvalue weighted by atomic mass is 19.4. The van der Waals surface area contributed by atoms with Crippen molar-refractivity contribution in [3.8, 4) is 5.75 Å². The number of anilines is 2. The smallest absolute Gasteiger partial charge is 0.406 e. The lowest BCUT2D eigenvalue weighted by Crippen LogP contribution is -2.49. The number of benzene rings is 1. The number of rotatable bonds is 6. The third-order valence-corrected chi connectivity index (χ3v) is 4.94. The highest BCUT2D eigenvalue weighted by Gasteiger charge is 2.31. The molecule has 1 atom stereocenters. The zero-order chi connectivity index (χ0) is 21.8. The summed E-state index contributed by atoms with van der Waals surface area (Å²) in [6, 6.07) is 7.24. The Morgan fingerprint density at radius 3 is 3.00 bits per heavy atom. The van der Waals surface area contributed by atoms with E-state index >= 15 is 0 Å². The second-order valence-electron chi connectivity index (χ2n) is 7.22. The van der Waals surface area contributed by atoms with E-state index in [4.69, 9.17) is 0 Å². The number of aromatic nitrogens is 3. The van der Waals surface area contributed by atoms with Crippen molar-refractivity contribution in [3.63, 3.8) is 0 Å². The van der Waals surface area contributed by atoms with Crippen molar-refractivity contribution in [1.29, 1.82) is 0 Å². The van der Waals surface area contributed by atoms with Gasteiger partial charge in [-0.15, -0.1) is 13.2 Å². The van der Waals surface area contributed by atoms with Crippen molar-refractivity contribution in [1.82, 2.24) is 20.3 Å². The number of hydrogen-bond donors (Lipinski definition) is 3. The Hall–Kier alpha value is -3.50. The van der Waals surface area contributed by atoms with Crippen LogP contribution in [0, 0.1) is 0 Å². The van der Waals surface area contributed by atoms with Crippen molar-refractivity contribution in [2.75, 3.05) is 29.9 Å². The molecule has 0 unspecified atom stereocenters. The van der Waals surface area contributed by atoms with Crippen LogP contribution in [0.2, 0.25) is 0 Å². The second-order valence-corrected chi connectivity index (χ2v) is 7.22. The molecule has 31 heavy (non-hydrogen) atoms. The van der Waals surface area contributed by atoms with E-state index in [0.717, 1.165) is 36.2 Å². The van der Waals surface area contributed by atoms with Crippen LogP contribution in [-0.4, -0.2) is 52.9 Å². The third kappa shape index (κ3) is 5.36. The lowest BCUT2D eigenvalue weighted by atomic mass is 10.1. The lowest BCUT2D eigenvalue weighted by Gasteiger charge is -2.34. The average Bonchev–Trinajstić information content (AvgIpc) is 3.20. The summed E-state index contributed by atoms with van der Waals surface area (Å²) in [5, 5.41) is 6.73. The summed E-state index contributed by atoms with van der Waals surface area (Å²) in [7, 11) is 0. The number of carbonyl (C=O) groups is 1. The van der Waals surface area contributed by atoms with Gasteiger partial charge in [-0.2, -0.15) is 0 Å². The van der Waals surface area contributed by atoms with E-state index in [1.54, 1.807) is 6.07 Å². The molecule has 1 saturated heterocycles. The van der Waals surface area contributed by atoms with E-state index < -0.39 is 6.36 Å². The Bertz CT molecular complexity index is 1050. The molecule has 3 heterocycles. The first-order valence-corrected chi connectivity index (χ1v) is 9.79. The highest BCUT2D eigenvalue weighted by Crippen LogP contribution is 2.26. The number of amides is 1. The molecule has 3 aromatic rings. The number of nitrogens with one attached hydrogen (secondary N) is 3. The fraction of sp³-hybridized carbons (Fsp3) is 0.350. The number of alkyl halides is 3. The summed E-state index contributed by atoms with van der Waals surface area (Å²) in [6.45, 7) is 1.37. The summed E-state index contributed by atoms with van der Waals surface area (Å²) in [5.41, 5.74) is 1.12. The number of carbonyl (C=O) groups excluding carboxylic acids is 1. The van der Waals surface area contributed by atoms with Crippen molar-refractivity contribution in [3.05, 3.63) is 42.9 Å². The normalized spacial score (nSPS) is 16.9. The van der Waals surface area contributed by atoms with Crippen molar-refractivity contribution in [2.24, 2.45) is 0 Å². The molecule has 8 nitrogen and oxygen atoms in total. The quantitative estimate of drug-likeness (QED) is 0.552. The monoisotopic (exact) mass is 434 g/mol. The summed E-state index contributed by atoms with van der Waals surface area (Å²) in [6.07, 6.45) is 0.283. The molecule has 0 spiro atoms. The molecule has 0 radical (unpaired) electrons. The largest absolute Gasteiger partial charge is 0.573 e. The van der Waals surface area contributed by atoms with Gasteiger partial charge in [0.15, 0.2) is 0 Å². The van der Waals surface area contributed by atoms with Gasteiger partial charge in [-0.1, -0.05) is 6.07 Å². The number of ether oxygens (including phenoxy) is 1. The lowest BCUT2D eigenvalue weighted by molar-refractivity contribution is -0.274. The number of piperidine rings is 1. The van der Waals surface area contributed by atoms with Crippen LogP contribution < -0.4 is 20.3 Å².